The molecule has 0 atom stereocenters. The molecule has 1 heteroatoms. The molecular formula is C4H10O. The molecule has 0 aliphatic heterocycles. The van der Waals surface area contributed by atoms with Gasteiger partial charge in [-0.05, 0) is 20.8 Å². The van der Waals surface area contributed by atoms with E-state index in [4.69, 9.17) is 5.11 Å². The van der Waals surface area contributed by atoms with Gasteiger partial charge in [0.05, 0.1) is 5.60 Å². The molecule has 0 saturated carbocycles. The molecular weight excluding hydrogens is 67.0 g/mol. The highest BCUT2D eigenvalue weighted by Crippen LogP contribution is 1.93. The van der Waals surface area contributed by atoms with Crippen LogP contribution in [-0.2, 0) is 0 Å². The zero-order valence-electron chi connectivity index (χ0n) is 3.95. The Morgan fingerprint density at radius 3 is 1.20 bits per heavy atom. The second-order valence-corrected chi connectivity index (χ2v) is 2.17. The highest BCUT2D eigenvalue weighted by molar-refractivity contribution is 4.50. The molecule has 5 heavy (non-hydrogen) atoms. The molecule has 1 nitrogen and oxygen atoms in total. The summed E-state index contributed by atoms with van der Waals surface area (Å²) in [5, 5.41) is 8.52. The van der Waals surface area contributed by atoms with Crippen molar-refractivity contribution in [2.45, 2.75) is 26.4 Å². The van der Waals surface area contributed by atoms with E-state index >= 15 is 0 Å². The van der Waals surface area contributed by atoms with Crippen molar-refractivity contribution in [3.63, 3.8) is 0 Å². The molecule has 0 bridgehead atoms. The van der Waals surface area contributed by atoms with Gasteiger partial charge in [0.2, 0.25) is 0 Å². The Hall–Kier alpha value is -0.0400. The van der Waals surface area contributed by atoms with Gasteiger partial charge in [-0.3, -0.25) is 0 Å². The van der Waals surface area contributed by atoms with E-state index in [1.165, 1.54) is 0 Å². The highest BCUT2D eigenvalue weighted by Gasteiger charge is 1.97. The van der Waals surface area contributed by atoms with E-state index in [2.05, 4.69) is 0 Å². The molecule has 32 valence electrons. The van der Waals surface area contributed by atoms with Crippen LogP contribution in [-0.4, -0.2) is 10.7 Å². The number of hydrogen-bond acceptors (Lipinski definition) is 1. The largest absolute Gasteiger partial charge is 0.391 e. The van der Waals surface area contributed by atoms with Gasteiger partial charge >= 0.3 is 0 Å². The monoisotopic (exact) mass is 77.1 g/mol. The minimum Gasteiger partial charge on any atom is -0.391 e. The van der Waals surface area contributed by atoms with Crippen LogP contribution in [0.2, 0.25) is 0 Å². The molecule has 0 fully saturated rings. The molecule has 0 aromatic heterocycles. The van der Waals surface area contributed by atoms with Crippen molar-refractivity contribution in [3.8, 4) is 0 Å². The first kappa shape index (κ1) is 4.96. The topological polar surface area (TPSA) is 20.2 Å². The second kappa shape index (κ2) is 0.977. The molecule has 0 unspecified atom stereocenters. The molecule has 0 aliphatic rings. The van der Waals surface area contributed by atoms with Crippen molar-refractivity contribution in [1.82, 2.24) is 0 Å². The zero-order valence-corrected chi connectivity index (χ0v) is 3.95. The van der Waals surface area contributed by atoms with Gasteiger partial charge < -0.3 is 5.11 Å². The van der Waals surface area contributed by atoms with Gasteiger partial charge in [0.1, 0.15) is 0 Å². The normalized spacial score (nSPS) is 12.0. The average molecular weight is 77.1 g/mol. The van der Waals surface area contributed by atoms with E-state index in [0.717, 1.165) is 0 Å². The van der Waals surface area contributed by atoms with Crippen LogP contribution in [0.15, 0.2) is 0 Å². The molecule has 0 aromatic carbocycles. The zero-order chi connectivity index (χ0) is 4.50. The van der Waals surface area contributed by atoms with Crippen molar-refractivity contribution in [2.24, 2.45) is 0 Å². The maximum atomic E-state index is 8.52. The summed E-state index contributed by atoms with van der Waals surface area (Å²) in [7, 11) is 0. The van der Waals surface area contributed by atoms with Gasteiger partial charge in [0, 0.05) is 0 Å². The second-order valence-electron chi connectivity index (χ2n) is 2.17. The Balaban J connectivity index is 3.02. The number of hydrogen-bond donors (Lipinski definition) is 1. The first-order valence-corrected chi connectivity index (χ1v) is 1.72. The fourth-order valence-electron chi connectivity index (χ4n) is 0. The molecule has 0 rings (SSSR count). The van der Waals surface area contributed by atoms with Gasteiger partial charge in [-0.2, -0.15) is 0 Å². The maximum Gasteiger partial charge on any atom is 0.0563 e. The maximum absolute atomic E-state index is 8.52. The quantitative estimate of drug-likeness (QED) is 0.423. The van der Waals surface area contributed by atoms with Crippen molar-refractivity contribution in [3.05, 3.63) is 0 Å². The number of rotatable bonds is 0. The first-order chi connectivity index (χ1) is 2.00. The van der Waals surface area contributed by atoms with Crippen LogP contribution in [0.4, 0.5) is 0 Å². The lowest BCUT2D eigenvalue weighted by molar-refractivity contribution is 0.102. The predicted molar refractivity (Wildman–Crippen MR) is 22.0 cm³/mol. The van der Waals surface area contributed by atoms with E-state index in [1.54, 1.807) is 20.8 Å². The van der Waals surface area contributed by atoms with Gasteiger partial charge in [0.15, 0.2) is 0 Å². The summed E-state index contributed by atoms with van der Waals surface area (Å²) in [6.45, 7) is 5.23. The third-order valence-corrected chi connectivity index (χ3v) is 0. The van der Waals surface area contributed by atoms with Crippen LogP contribution in [0.5, 0.6) is 0 Å². The van der Waals surface area contributed by atoms with Gasteiger partial charge in [-0.25, -0.2) is 0 Å². The Morgan fingerprint density at radius 2 is 1.20 bits per heavy atom. The van der Waals surface area contributed by atoms with Crippen molar-refractivity contribution in [2.75, 3.05) is 0 Å². The molecule has 0 spiro atoms. The Bertz CT molecular complexity index is 19.1. The van der Waals surface area contributed by atoms with Gasteiger partial charge in [-0.15, -0.1) is 0 Å². The third-order valence-electron chi connectivity index (χ3n) is 0. The summed E-state index contributed by atoms with van der Waals surface area (Å²) >= 11 is 0. The highest BCUT2D eigenvalue weighted by atomic mass is 16.3. The fraction of sp³-hybridized carbons (Fsp3) is 1.00. The summed E-state index contributed by atoms with van der Waals surface area (Å²) < 4.78 is 0. The van der Waals surface area contributed by atoms with Crippen LogP contribution < -0.4 is 0 Å². The Kier molecular flexibility index (Phi) is 0.969. The lowest BCUT2D eigenvalue weighted by atomic mass is 10.6. The third kappa shape index (κ3) is 9510. The summed E-state index contributed by atoms with van der Waals surface area (Å²) in [5.74, 6) is 0. The van der Waals surface area contributed by atoms with E-state index in [9.17, 15) is 0 Å². The Labute approximate surface area is 32.6 Å². The first-order valence-electron chi connectivity index (χ1n) is 1.72. The lowest BCUT2D eigenvalue weighted by Crippen LogP contribution is -2.10. The smallest absolute Gasteiger partial charge is 0.0563 e. The molecule has 0 saturated heterocycles. The lowest BCUT2D eigenvalue weighted by Gasteiger charge is -2.04. The van der Waals surface area contributed by atoms with Crippen LogP contribution in [0, 0.1) is 0 Å². The summed E-state index contributed by atoms with van der Waals surface area (Å²) in [4.78, 5) is 0. The SMILES string of the molecule is [13CH3]C([13CH3])([13CH3])O. The minimum absolute atomic E-state index is 0.500. The van der Waals surface area contributed by atoms with Crippen LogP contribution >= 0.6 is 0 Å². The van der Waals surface area contributed by atoms with E-state index < -0.39 is 5.60 Å². The van der Waals surface area contributed by atoms with Crippen LogP contribution in [0.1, 0.15) is 20.8 Å². The summed E-state index contributed by atoms with van der Waals surface area (Å²) in [6, 6.07) is 0. The van der Waals surface area contributed by atoms with Crippen LogP contribution in [0.25, 0.3) is 0 Å². The number of aliphatic hydroxyl groups is 1. The molecule has 0 heterocycles. The predicted octanol–water partition coefficient (Wildman–Crippen LogP) is 0.777. The van der Waals surface area contributed by atoms with E-state index in [-0.39, 0.29) is 0 Å². The van der Waals surface area contributed by atoms with Crippen molar-refractivity contribution >= 4 is 0 Å². The Morgan fingerprint density at radius 1 is 1.20 bits per heavy atom. The van der Waals surface area contributed by atoms with Crippen molar-refractivity contribution in [1.29, 1.82) is 0 Å². The van der Waals surface area contributed by atoms with Crippen LogP contribution in [0.3, 0.4) is 0 Å². The molecule has 0 radical (unpaired) electrons. The minimum atomic E-state index is -0.500. The van der Waals surface area contributed by atoms with E-state index in [0.29, 0.717) is 0 Å². The van der Waals surface area contributed by atoms with Gasteiger partial charge in [-0.1, -0.05) is 0 Å². The molecule has 0 amide bonds. The summed E-state index contributed by atoms with van der Waals surface area (Å²) in [6.07, 6.45) is 0. The standard InChI is InChI=1S/C4H10O/c1-4(2,3)5/h5H,1-3H3/i1+1,2+1,3+1. The fourth-order valence-corrected chi connectivity index (χ4v) is 0. The van der Waals surface area contributed by atoms with Crippen molar-refractivity contribution < 1.29 is 5.11 Å². The average Bonchev–Trinajstić information content (AvgIpc) is 0.722. The van der Waals surface area contributed by atoms with E-state index in [1.807, 2.05) is 0 Å². The van der Waals surface area contributed by atoms with Gasteiger partial charge in [0.25, 0.3) is 0 Å². The molecule has 0 aliphatic carbocycles. The molecule has 1 N–H and O–H groups in total. The molecule has 0 aromatic rings. The summed E-state index contributed by atoms with van der Waals surface area (Å²) in [5.41, 5.74) is -0.500.